The molecule has 2 aromatic rings. The molecule has 1 aromatic carbocycles. The Labute approximate surface area is 151 Å². The van der Waals surface area contributed by atoms with Crippen molar-refractivity contribution in [3.63, 3.8) is 0 Å². The third kappa shape index (κ3) is 5.03. The van der Waals surface area contributed by atoms with Crippen LogP contribution >= 0.6 is 0 Å². The van der Waals surface area contributed by atoms with Gasteiger partial charge in [-0.05, 0) is 55.3 Å². The van der Waals surface area contributed by atoms with Gasteiger partial charge in [0, 0.05) is 38.1 Å². The summed E-state index contributed by atoms with van der Waals surface area (Å²) >= 11 is 0. The van der Waals surface area contributed by atoms with Crippen molar-refractivity contribution in [1.29, 1.82) is 0 Å². The summed E-state index contributed by atoms with van der Waals surface area (Å²) in [6.45, 7) is 7.61. The topological polar surface area (TPSA) is 28.6 Å². The lowest BCUT2D eigenvalue weighted by Crippen LogP contribution is -2.39. The van der Waals surface area contributed by atoms with Crippen LogP contribution in [-0.4, -0.2) is 47.6 Å². The molecule has 25 heavy (non-hydrogen) atoms. The van der Waals surface area contributed by atoms with Gasteiger partial charge in [-0.2, -0.15) is 0 Å². The van der Waals surface area contributed by atoms with E-state index in [2.05, 4.69) is 46.0 Å². The van der Waals surface area contributed by atoms with Crippen LogP contribution in [-0.2, 0) is 13.1 Å². The Morgan fingerprint density at radius 2 is 2.04 bits per heavy atom. The van der Waals surface area contributed by atoms with Crippen LogP contribution < -0.4 is 4.74 Å². The standard InChI is InChI=1S/C21H29N3O/c1-3-24-12-6-9-20(24)17-23(16-19-8-5-11-22-14-19)15-18-7-4-10-21(13-18)25-2/h4-5,7-8,10-11,13-14,20H,3,6,9,12,15-17H2,1-2H3/t20-/m1/s1. The Kier molecular flexibility index (Phi) is 6.42. The smallest absolute Gasteiger partial charge is 0.119 e. The van der Waals surface area contributed by atoms with Gasteiger partial charge in [0.25, 0.3) is 0 Å². The van der Waals surface area contributed by atoms with Crippen molar-refractivity contribution in [3.05, 3.63) is 59.9 Å². The zero-order valence-corrected chi connectivity index (χ0v) is 15.4. The number of rotatable bonds is 8. The number of aromatic nitrogens is 1. The van der Waals surface area contributed by atoms with Gasteiger partial charge in [0.15, 0.2) is 0 Å². The molecule has 1 saturated heterocycles. The van der Waals surface area contributed by atoms with Crippen molar-refractivity contribution in [3.8, 4) is 5.75 Å². The summed E-state index contributed by atoms with van der Waals surface area (Å²) in [4.78, 5) is 9.44. The molecule has 0 spiro atoms. The molecule has 0 bridgehead atoms. The van der Waals surface area contributed by atoms with Gasteiger partial charge in [-0.25, -0.2) is 0 Å². The van der Waals surface area contributed by atoms with Crippen LogP contribution in [0.1, 0.15) is 30.9 Å². The molecule has 1 aliphatic rings. The van der Waals surface area contributed by atoms with E-state index in [4.69, 9.17) is 4.74 Å². The van der Waals surface area contributed by atoms with Gasteiger partial charge in [-0.3, -0.25) is 14.8 Å². The maximum absolute atomic E-state index is 5.39. The van der Waals surface area contributed by atoms with Crippen LogP contribution in [0.2, 0.25) is 0 Å². The third-order valence-corrected chi connectivity index (χ3v) is 5.04. The predicted molar refractivity (Wildman–Crippen MR) is 102 cm³/mol. The quantitative estimate of drug-likeness (QED) is 0.735. The predicted octanol–water partition coefficient (Wildman–Crippen LogP) is 3.58. The number of methoxy groups -OCH3 is 1. The molecule has 0 radical (unpaired) electrons. The summed E-state index contributed by atoms with van der Waals surface area (Å²) < 4.78 is 5.39. The molecule has 1 aliphatic heterocycles. The highest BCUT2D eigenvalue weighted by Gasteiger charge is 2.25. The summed E-state index contributed by atoms with van der Waals surface area (Å²) in [7, 11) is 1.73. The molecule has 0 N–H and O–H groups in total. The van der Waals surface area contributed by atoms with Crippen LogP contribution in [0.3, 0.4) is 0 Å². The largest absolute Gasteiger partial charge is 0.497 e. The van der Waals surface area contributed by atoms with Gasteiger partial charge in [0.2, 0.25) is 0 Å². The number of ether oxygens (including phenoxy) is 1. The van der Waals surface area contributed by atoms with Gasteiger partial charge >= 0.3 is 0 Å². The van der Waals surface area contributed by atoms with E-state index in [1.54, 1.807) is 7.11 Å². The van der Waals surface area contributed by atoms with Gasteiger partial charge in [-0.15, -0.1) is 0 Å². The molecule has 2 heterocycles. The number of benzene rings is 1. The van der Waals surface area contributed by atoms with E-state index in [1.807, 2.05) is 24.5 Å². The molecule has 4 nitrogen and oxygen atoms in total. The molecule has 3 rings (SSSR count). The van der Waals surface area contributed by atoms with E-state index in [0.29, 0.717) is 6.04 Å². The first-order valence-corrected chi connectivity index (χ1v) is 9.26. The van der Waals surface area contributed by atoms with Crippen LogP contribution in [0.5, 0.6) is 5.75 Å². The molecule has 1 aromatic heterocycles. The molecular weight excluding hydrogens is 310 g/mol. The lowest BCUT2D eigenvalue weighted by molar-refractivity contribution is 0.166. The molecule has 0 saturated carbocycles. The van der Waals surface area contributed by atoms with E-state index in [-0.39, 0.29) is 0 Å². The fraction of sp³-hybridized carbons (Fsp3) is 0.476. The van der Waals surface area contributed by atoms with Crippen molar-refractivity contribution in [2.75, 3.05) is 26.7 Å². The molecule has 0 unspecified atom stereocenters. The number of pyridine rings is 1. The second-order valence-electron chi connectivity index (χ2n) is 6.81. The lowest BCUT2D eigenvalue weighted by atomic mass is 10.1. The number of hydrogen-bond acceptors (Lipinski definition) is 4. The maximum atomic E-state index is 5.39. The second-order valence-corrected chi connectivity index (χ2v) is 6.81. The third-order valence-electron chi connectivity index (χ3n) is 5.04. The lowest BCUT2D eigenvalue weighted by Gasteiger charge is -2.30. The molecule has 1 fully saturated rings. The molecule has 0 aliphatic carbocycles. The Bertz CT molecular complexity index is 647. The minimum absolute atomic E-state index is 0.660. The second kappa shape index (κ2) is 8.97. The van der Waals surface area contributed by atoms with Gasteiger partial charge in [0.05, 0.1) is 7.11 Å². The van der Waals surface area contributed by atoms with E-state index < -0.39 is 0 Å². The number of likely N-dealkylation sites (N-methyl/N-ethyl adjacent to an activating group) is 1. The SMILES string of the molecule is CCN1CCC[C@@H]1CN(Cc1cccnc1)Cc1cccc(OC)c1. The first kappa shape index (κ1) is 17.9. The van der Waals surface area contributed by atoms with Crippen molar-refractivity contribution >= 4 is 0 Å². The summed E-state index contributed by atoms with van der Waals surface area (Å²) in [5.41, 5.74) is 2.57. The van der Waals surface area contributed by atoms with Crippen molar-refractivity contribution in [1.82, 2.24) is 14.8 Å². The van der Waals surface area contributed by atoms with Gasteiger partial charge in [0.1, 0.15) is 5.75 Å². The molecular formula is C21H29N3O. The first-order chi connectivity index (χ1) is 12.3. The van der Waals surface area contributed by atoms with Crippen molar-refractivity contribution in [2.45, 2.75) is 38.9 Å². The Hall–Kier alpha value is -1.91. The summed E-state index contributed by atoms with van der Waals surface area (Å²) in [5.74, 6) is 0.926. The molecule has 1 atom stereocenters. The number of hydrogen-bond donors (Lipinski definition) is 0. The average Bonchev–Trinajstić information content (AvgIpc) is 3.10. The first-order valence-electron chi connectivity index (χ1n) is 9.26. The monoisotopic (exact) mass is 339 g/mol. The zero-order valence-electron chi connectivity index (χ0n) is 15.4. The maximum Gasteiger partial charge on any atom is 0.119 e. The van der Waals surface area contributed by atoms with Gasteiger partial charge in [-0.1, -0.05) is 25.1 Å². The van der Waals surface area contributed by atoms with Gasteiger partial charge < -0.3 is 4.74 Å². The normalized spacial score (nSPS) is 18.0. The highest BCUT2D eigenvalue weighted by molar-refractivity contribution is 5.28. The van der Waals surface area contributed by atoms with Crippen molar-refractivity contribution < 1.29 is 4.74 Å². The van der Waals surface area contributed by atoms with E-state index in [1.165, 1.54) is 30.5 Å². The highest BCUT2D eigenvalue weighted by atomic mass is 16.5. The fourth-order valence-corrected chi connectivity index (χ4v) is 3.78. The van der Waals surface area contributed by atoms with Crippen LogP contribution in [0.15, 0.2) is 48.8 Å². The van der Waals surface area contributed by atoms with Crippen molar-refractivity contribution in [2.24, 2.45) is 0 Å². The Morgan fingerprint density at radius 3 is 2.80 bits per heavy atom. The summed E-state index contributed by atoms with van der Waals surface area (Å²) in [6.07, 6.45) is 6.43. The highest BCUT2D eigenvalue weighted by Crippen LogP contribution is 2.21. The Balaban J connectivity index is 1.73. The van der Waals surface area contributed by atoms with E-state index in [0.717, 1.165) is 31.9 Å². The minimum Gasteiger partial charge on any atom is -0.497 e. The van der Waals surface area contributed by atoms with E-state index in [9.17, 15) is 0 Å². The number of likely N-dealkylation sites (tertiary alicyclic amines) is 1. The summed E-state index contributed by atoms with van der Waals surface area (Å²) in [5, 5.41) is 0. The van der Waals surface area contributed by atoms with E-state index >= 15 is 0 Å². The summed E-state index contributed by atoms with van der Waals surface area (Å²) in [6, 6.07) is 13.3. The van der Waals surface area contributed by atoms with Crippen LogP contribution in [0.4, 0.5) is 0 Å². The van der Waals surface area contributed by atoms with Crippen LogP contribution in [0, 0.1) is 0 Å². The fourth-order valence-electron chi connectivity index (χ4n) is 3.78. The van der Waals surface area contributed by atoms with Crippen LogP contribution in [0.25, 0.3) is 0 Å². The molecule has 0 amide bonds. The number of nitrogens with zero attached hydrogens (tertiary/aromatic N) is 3. The minimum atomic E-state index is 0.660. The Morgan fingerprint density at radius 1 is 1.20 bits per heavy atom. The molecule has 4 heteroatoms. The zero-order chi connectivity index (χ0) is 17.5. The molecule has 134 valence electrons. The average molecular weight is 339 g/mol.